The summed E-state index contributed by atoms with van der Waals surface area (Å²) in [6.45, 7) is 2.20. The van der Waals surface area contributed by atoms with Gasteiger partial charge in [0.15, 0.2) is 17.3 Å². The zero-order valence-corrected chi connectivity index (χ0v) is 13.4. The summed E-state index contributed by atoms with van der Waals surface area (Å²) in [5, 5.41) is 10.3. The highest BCUT2D eigenvalue weighted by Crippen LogP contribution is 2.35. The van der Waals surface area contributed by atoms with E-state index in [1.807, 2.05) is 0 Å². The maximum atomic E-state index is 12.1. The Morgan fingerprint density at radius 1 is 1.23 bits per heavy atom. The minimum absolute atomic E-state index is 0.113. The molecule has 3 nitrogen and oxygen atoms in total. The van der Waals surface area contributed by atoms with Crippen LogP contribution in [-0.2, 0) is 0 Å². The van der Waals surface area contributed by atoms with Crippen molar-refractivity contribution in [1.29, 1.82) is 0 Å². The molecule has 2 aromatic carbocycles. The number of hydrogen-bond donors (Lipinski definition) is 1. The third kappa shape index (κ3) is 3.81. The monoisotopic (exact) mass is 336 g/mol. The molecule has 0 bridgehead atoms. The van der Waals surface area contributed by atoms with Gasteiger partial charge in [-0.2, -0.15) is 0 Å². The molecule has 0 aliphatic rings. The van der Waals surface area contributed by atoms with E-state index in [0.717, 1.165) is 0 Å². The summed E-state index contributed by atoms with van der Waals surface area (Å²) in [5.74, 6) is -0.0503. The minimum atomic E-state index is -0.215. The number of phenols is 1. The van der Waals surface area contributed by atoms with Gasteiger partial charge in [-0.25, -0.2) is 0 Å². The van der Waals surface area contributed by atoms with Gasteiger partial charge in [-0.15, -0.1) is 0 Å². The average Bonchev–Trinajstić information content (AvgIpc) is 2.50. The molecule has 0 saturated heterocycles. The van der Waals surface area contributed by atoms with E-state index in [0.29, 0.717) is 22.8 Å². The van der Waals surface area contributed by atoms with Crippen LogP contribution in [0.4, 0.5) is 0 Å². The van der Waals surface area contributed by atoms with Crippen LogP contribution in [0.2, 0.25) is 10.0 Å². The smallest absolute Gasteiger partial charge is 0.187 e. The van der Waals surface area contributed by atoms with E-state index in [4.69, 9.17) is 27.9 Å². The Balaban J connectivity index is 2.27. The van der Waals surface area contributed by atoms with Crippen LogP contribution in [-0.4, -0.2) is 17.5 Å². The van der Waals surface area contributed by atoms with Crippen molar-refractivity contribution < 1.29 is 14.6 Å². The summed E-state index contributed by atoms with van der Waals surface area (Å²) in [7, 11) is 0. The molecule has 0 spiro atoms. The van der Waals surface area contributed by atoms with Gasteiger partial charge in [0.05, 0.1) is 16.7 Å². The van der Waals surface area contributed by atoms with Gasteiger partial charge < -0.3 is 9.84 Å². The van der Waals surface area contributed by atoms with E-state index in [-0.39, 0.29) is 22.3 Å². The molecule has 22 heavy (non-hydrogen) atoms. The van der Waals surface area contributed by atoms with E-state index in [2.05, 4.69) is 0 Å². The number of carbonyl (C=O) groups is 1. The molecular weight excluding hydrogens is 323 g/mol. The number of benzene rings is 2. The van der Waals surface area contributed by atoms with E-state index in [9.17, 15) is 9.90 Å². The SMILES string of the molecule is CCOc1cc(C=CC(=O)c2ccccc2Cl)cc(Cl)c1O. The first kappa shape index (κ1) is 16.4. The molecule has 0 aliphatic carbocycles. The lowest BCUT2D eigenvalue weighted by Gasteiger charge is -2.08. The van der Waals surface area contributed by atoms with Gasteiger partial charge in [0.2, 0.25) is 0 Å². The summed E-state index contributed by atoms with van der Waals surface area (Å²) in [5.41, 5.74) is 1.07. The van der Waals surface area contributed by atoms with Gasteiger partial charge in [-0.3, -0.25) is 4.79 Å². The molecule has 0 amide bonds. The van der Waals surface area contributed by atoms with Crippen molar-refractivity contribution in [3.8, 4) is 11.5 Å². The van der Waals surface area contributed by atoms with Crippen molar-refractivity contribution in [1.82, 2.24) is 0 Å². The van der Waals surface area contributed by atoms with E-state index >= 15 is 0 Å². The van der Waals surface area contributed by atoms with Crippen LogP contribution >= 0.6 is 23.2 Å². The third-order valence-corrected chi connectivity index (χ3v) is 3.53. The third-order valence-electron chi connectivity index (χ3n) is 2.92. The first-order chi connectivity index (χ1) is 10.5. The van der Waals surface area contributed by atoms with E-state index in [1.54, 1.807) is 49.4 Å². The van der Waals surface area contributed by atoms with Crippen LogP contribution in [0, 0.1) is 0 Å². The fourth-order valence-corrected chi connectivity index (χ4v) is 2.33. The molecule has 0 radical (unpaired) electrons. The van der Waals surface area contributed by atoms with Gasteiger partial charge in [0.1, 0.15) is 0 Å². The largest absolute Gasteiger partial charge is 0.503 e. The summed E-state index contributed by atoms with van der Waals surface area (Å²) in [4.78, 5) is 12.1. The molecule has 0 fully saturated rings. The van der Waals surface area contributed by atoms with Gasteiger partial charge in [-0.05, 0) is 42.8 Å². The lowest BCUT2D eigenvalue weighted by Crippen LogP contribution is -1.95. The van der Waals surface area contributed by atoms with Gasteiger partial charge >= 0.3 is 0 Å². The van der Waals surface area contributed by atoms with Crippen LogP contribution in [0.15, 0.2) is 42.5 Å². The number of phenolic OH excluding ortho intramolecular Hbond substituents is 1. The predicted molar refractivity (Wildman–Crippen MR) is 89.1 cm³/mol. The number of carbonyl (C=O) groups excluding carboxylic acids is 1. The summed E-state index contributed by atoms with van der Waals surface area (Å²) < 4.78 is 5.29. The van der Waals surface area contributed by atoms with Crippen LogP contribution in [0.5, 0.6) is 11.5 Å². The zero-order chi connectivity index (χ0) is 16.1. The average molecular weight is 337 g/mol. The Morgan fingerprint density at radius 2 is 1.95 bits per heavy atom. The minimum Gasteiger partial charge on any atom is -0.503 e. The fourth-order valence-electron chi connectivity index (χ4n) is 1.88. The molecule has 2 aromatic rings. The maximum Gasteiger partial charge on any atom is 0.187 e. The van der Waals surface area contributed by atoms with Crippen LogP contribution < -0.4 is 4.74 Å². The van der Waals surface area contributed by atoms with E-state index in [1.165, 1.54) is 6.08 Å². The molecule has 5 heteroatoms. The Bertz CT molecular complexity index is 724. The highest BCUT2D eigenvalue weighted by molar-refractivity contribution is 6.34. The second-order valence-corrected chi connectivity index (χ2v) is 5.27. The molecular formula is C17H14Cl2O3. The van der Waals surface area contributed by atoms with Crippen LogP contribution in [0.3, 0.4) is 0 Å². The highest BCUT2D eigenvalue weighted by Gasteiger charge is 2.09. The summed E-state index contributed by atoms with van der Waals surface area (Å²) in [6, 6.07) is 9.99. The van der Waals surface area contributed by atoms with Gasteiger partial charge in [-0.1, -0.05) is 41.4 Å². The molecule has 2 rings (SSSR count). The lowest BCUT2D eigenvalue weighted by molar-refractivity contribution is 0.104. The highest BCUT2D eigenvalue weighted by atomic mass is 35.5. The molecule has 0 heterocycles. The number of allylic oxidation sites excluding steroid dienone is 1. The van der Waals surface area contributed by atoms with Crippen molar-refractivity contribution >= 4 is 35.1 Å². The Morgan fingerprint density at radius 3 is 2.64 bits per heavy atom. The topological polar surface area (TPSA) is 46.5 Å². The number of halogens is 2. The van der Waals surface area contributed by atoms with Crippen molar-refractivity contribution in [3.05, 3.63) is 63.6 Å². The van der Waals surface area contributed by atoms with Crippen molar-refractivity contribution in [2.75, 3.05) is 6.61 Å². The maximum absolute atomic E-state index is 12.1. The van der Waals surface area contributed by atoms with Crippen molar-refractivity contribution in [2.45, 2.75) is 6.92 Å². The second-order valence-electron chi connectivity index (χ2n) is 4.46. The molecule has 0 saturated carbocycles. The number of ketones is 1. The molecule has 0 aliphatic heterocycles. The number of ether oxygens (including phenoxy) is 1. The van der Waals surface area contributed by atoms with Crippen LogP contribution in [0.25, 0.3) is 6.08 Å². The Hall–Kier alpha value is -1.97. The Labute approximate surface area is 138 Å². The number of rotatable bonds is 5. The first-order valence-electron chi connectivity index (χ1n) is 6.65. The zero-order valence-electron chi connectivity index (χ0n) is 11.8. The van der Waals surface area contributed by atoms with Gasteiger partial charge in [0.25, 0.3) is 0 Å². The molecule has 1 N–H and O–H groups in total. The quantitative estimate of drug-likeness (QED) is 0.617. The number of hydrogen-bond acceptors (Lipinski definition) is 3. The summed E-state index contributed by atoms with van der Waals surface area (Å²) in [6.07, 6.45) is 3.00. The predicted octanol–water partition coefficient (Wildman–Crippen LogP) is 4.99. The fraction of sp³-hybridized carbons (Fsp3) is 0.118. The molecule has 114 valence electrons. The van der Waals surface area contributed by atoms with Gasteiger partial charge in [0, 0.05) is 5.56 Å². The number of aromatic hydroxyl groups is 1. The lowest BCUT2D eigenvalue weighted by atomic mass is 10.1. The molecule has 0 unspecified atom stereocenters. The molecule has 0 aromatic heterocycles. The standard InChI is InChI=1S/C17H14Cl2O3/c1-2-22-16-10-11(9-14(19)17(16)21)7-8-15(20)12-5-3-4-6-13(12)18/h3-10,21H,2H2,1H3. The normalized spacial score (nSPS) is 10.9. The first-order valence-corrected chi connectivity index (χ1v) is 7.40. The molecule has 0 atom stereocenters. The van der Waals surface area contributed by atoms with Crippen molar-refractivity contribution in [2.24, 2.45) is 0 Å². The summed E-state index contributed by atoms with van der Waals surface area (Å²) >= 11 is 11.9. The second kappa shape index (κ2) is 7.34. The van der Waals surface area contributed by atoms with E-state index < -0.39 is 0 Å². The van der Waals surface area contributed by atoms with Crippen molar-refractivity contribution in [3.63, 3.8) is 0 Å². The van der Waals surface area contributed by atoms with Crippen LogP contribution in [0.1, 0.15) is 22.8 Å². The Kier molecular flexibility index (Phi) is 5.47.